The number of nitrogens with zero attached hydrogens (tertiary/aromatic N) is 6. The minimum absolute atomic E-state index is 0.0548. The van der Waals surface area contributed by atoms with Crippen molar-refractivity contribution in [3.63, 3.8) is 0 Å². The maximum Gasteiger partial charge on any atom is 0.340 e. The monoisotopic (exact) mass is 724 g/mol. The highest BCUT2D eigenvalue weighted by atomic mass is 35.5. The Labute approximate surface area is 296 Å². The predicted octanol–water partition coefficient (Wildman–Crippen LogP) is 6.95. The highest BCUT2D eigenvalue weighted by molar-refractivity contribution is 7.54. The highest BCUT2D eigenvalue weighted by Crippen LogP contribution is 2.48. The van der Waals surface area contributed by atoms with Gasteiger partial charge >= 0.3 is 13.6 Å². The molecule has 3 aliphatic rings. The lowest BCUT2D eigenvalue weighted by Crippen LogP contribution is -2.43. The third-order valence-corrected chi connectivity index (χ3v) is 12.7. The first kappa shape index (κ1) is 35.0. The van der Waals surface area contributed by atoms with Crippen LogP contribution in [0.25, 0.3) is 32.9 Å². The average molecular weight is 725 g/mol. The zero-order chi connectivity index (χ0) is 35.0. The zero-order valence-electron chi connectivity index (χ0n) is 28.7. The standard InChI is InChI=1S/C36H43ClFN6O5P/c1-4-48-50(46,49-5-2)22-29(45)43-19-14-25(21-43)42(3)34-27-20-39-32(26-12-6-10-24-11-7-13-28(37)30(24)26)31(38)33(27)40-35(41-34)47-23-36-15-8-17-44(36)18-9-16-36/h6-7,10-13,20,25H,4-5,8-9,14-19,21-23H2,1-3H3. The Morgan fingerprint density at radius 2 is 1.80 bits per heavy atom. The first-order chi connectivity index (χ1) is 24.1. The van der Waals surface area contributed by atoms with Gasteiger partial charge < -0.3 is 23.6 Å². The number of halogens is 2. The van der Waals surface area contributed by atoms with Gasteiger partial charge in [-0.05, 0) is 70.5 Å². The average Bonchev–Trinajstić information content (AvgIpc) is 3.84. The Hall–Kier alpha value is -3.41. The Morgan fingerprint density at radius 3 is 2.52 bits per heavy atom. The van der Waals surface area contributed by atoms with E-state index >= 15 is 4.39 Å². The number of benzene rings is 2. The molecule has 0 saturated carbocycles. The fraction of sp³-hybridized carbons (Fsp3) is 0.500. The van der Waals surface area contributed by atoms with E-state index in [4.69, 9.17) is 30.4 Å². The van der Waals surface area contributed by atoms with Gasteiger partial charge in [0.25, 0.3) is 0 Å². The Bertz CT molecular complexity index is 1940. The molecule has 266 valence electrons. The molecule has 0 aliphatic carbocycles. The number of carbonyl (C=O) groups is 1. The van der Waals surface area contributed by atoms with Crippen molar-refractivity contribution in [1.82, 2.24) is 24.8 Å². The van der Waals surface area contributed by atoms with Gasteiger partial charge in [-0.15, -0.1) is 0 Å². The van der Waals surface area contributed by atoms with Gasteiger partial charge in [0.2, 0.25) is 5.91 Å². The summed E-state index contributed by atoms with van der Waals surface area (Å²) in [7, 11) is -1.68. The van der Waals surface area contributed by atoms with E-state index in [1.165, 1.54) is 0 Å². The van der Waals surface area contributed by atoms with E-state index in [0.717, 1.165) is 44.2 Å². The van der Waals surface area contributed by atoms with Crippen LogP contribution in [-0.2, 0) is 18.4 Å². The van der Waals surface area contributed by atoms with Crippen molar-refractivity contribution in [2.24, 2.45) is 0 Å². The molecule has 7 rings (SSSR count). The van der Waals surface area contributed by atoms with Crippen molar-refractivity contribution < 1.29 is 27.5 Å². The number of carbonyl (C=O) groups excluding carboxylic acids is 1. The second-order valence-electron chi connectivity index (χ2n) is 13.4. The van der Waals surface area contributed by atoms with Crippen molar-refractivity contribution in [2.75, 3.05) is 64.1 Å². The number of amides is 1. The lowest BCUT2D eigenvalue weighted by molar-refractivity contribution is -0.127. The molecule has 0 N–H and O–H groups in total. The molecule has 50 heavy (non-hydrogen) atoms. The summed E-state index contributed by atoms with van der Waals surface area (Å²) in [5.41, 5.74) is 0.743. The molecule has 2 aromatic heterocycles. The Morgan fingerprint density at radius 1 is 1.08 bits per heavy atom. The number of ether oxygens (including phenoxy) is 1. The number of aromatic nitrogens is 3. The van der Waals surface area contributed by atoms with Crippen LogP contribution < -0.4 is 9.64 Å². The number of anilines is 1. The Balaban J connectivity index is 1.24. The van der Waals surface area contributed by atoms with Crippen LogP contribution in [0, 0.1) is 5.82 Å². The predicted molar refractivity (Wildman–Crippen MR) is 193 cm³/mol. The number of hydrogen-bond acceptors (Lipinski definition) is 10. The minimum atomic E-state index is -3.55. The smallest absolute Gasteiger partial charge is 0.340 e. The van der Waals surface area contributed by atoms with Gasteiger partial charge in [-0.3, -0.25) is 19.2 Å². The van der Waals surface area contributed by atoms with Gasteiger partial charge in [-0.25, -0.2) is 4.39 Å². The summed E-state index contributed by atoms with van der Waals surface area (Å²) in [6, 6.07) is 11.1. The van der Waals surface area contributed by atoms with Crippen molar-refractivity contribution in [3.05, 3.63) is 53.4 Å². The van der Waals surface area contributed by atoms with Crippen molar-refractivity contribution in [1.29, 1.82) is 0 Å². The maximum absolute atomic E-state index is 16.8. The number of likely N-dealkylation sites (tertiary alicyclic amines) is 1. The normalized spacial score (nSPS) is 19.1. The summed E-state index contributed by atoms with van der Waals surface area (Å²) in [6.07, 6.45) is 6.23. The van der Waals surface area contributed by atoms with Crippen LogP contribution in [-0.4, -0.2) is 101 Å². The van der Waals surface area contributed by atoms with Crippen LogP contribution in [0.15, 0.2) is 42.6 Å². The molecule has 3 fully saturated rings. The minimum Gasteiger partial charge on any atom is -0.461 e. The van der Waals surface area contributed by atoms with Crippen molar-refractivity contribution >= 4 is 52.6 Å². The van der Waals surface area contributed by atoms with Crippen LogP contribution in [0.2, 0.25) is 5.02 Å². The molecule has 1 amide bonds. The summed E-state index contributed by atoms with van der Waals surface area (Å²) >= 11 is 6.63. The van der Waals surface area contributed by atoms with E-state index in [2.05, 4.69) is 14.9 Å². The molecular formula is C36H43ClFN6O5P. The first-order valence-corrected chi connectivity index (χ1v) is 19.6. The summed E-state index contributed by atoms with van der Waals surface area (Å²) in [5, 5.41) is 2.51. The van der Waals surface area contributed by atoms with Gasteiger partial charge in [-0.1, -0.05) is 41.9 Å². The van der Waals surface area contributed by atoms with Crippen LogP contribution in [0.3, 0.4) is 0 Å². The molecule has 1 atom stereocenters. The molecule has 3 aliphatic heterocycles. The van der Waals surface area contributed by atoms with Crippen LogP contribution >= 0.6 is 19.2 Å². The zero-order valence-corrected chi connectivity index (χ0v) is 30.4. The highest BCUT2D eigenvalue weighted by Gasteiger charge is 2.45. The SMILES string of the molecule is CCOP(=O)(CC(=O)N1CCC(N(C)c2nc(OCC34CCCN3CCC4)nc3c(F)c(-c4cccc5cccc(Cl)c45)ncc23)C1)OCC. The third-order valence-electron chi connectivity index (χ3n) is 10.4. The van der Waals surface area contributed by atoms with E-state index in [-0.39, 0.29) is 54.1 Å². The molecule has 5 heterocycles. The quantitative estimate of drug-likeness (QED) is 0.142. The molecule has 0 bridgehead atoms. The fourth-order valence-electron chi connectivity index (χ4n) is 7.94. The largest absolute Gasteiger partial charge is 0.461 e. The Kier molecular flexibility index (Phi) is 10.0. The summed E-state index contributed by atoms with van der Waals surface area (Å²) < 4.78 is 47.0. The lowest BCUT2D eigenvalue weighted by atomic mass is 9.95. The molecule has 2 aromatic carbocycles. The molecule has 4 aromatic rings. The van der Waals surface area contributed by atoms with Crippen LogP contribution in [0.1, 0.15) is 46.0 Å². The number of fused-ring (bicyclic) bond motifs is 3. The van der Waals surface area contributed by atoms with Crippen LogP contribution in [0.4, 0.5) is 10.2 Å². The maximum atomic E-state index is 16.8. The van der Waals surface area contributed by atoms with Gasteiger partial charge in [0.15, 0.2) is 5.82 Å². The number of hydrogen-bond donors (Lipinski definition) is 0. The molecule has 0 radical (unpaired) electrons. The fourth-order valence-corrected chi connectivity index (χ4v) is 9.80. The topological polar surface area (TPSA) is 110 Å². The van der Waals surface area contributed by atoms with E-state index in [1.54, 1.807) is 31.0 Å². The van der Waals surface area contributed by atoms with E-state index < -0.39 is 13.4 Å². The molecular weight excluding hydrogens is 682 g/mol. The third kappa shape index (κ3) is 6.57. The van der Waals surface area contributed by atoms with Gasteiger partial charge in [0, 0.05) is 48.3 Å². The van der Waals surface area contributed by atoms with Crippen molar-refractivity contribution in [2.45, 2.75) is 57.5 Å². The molecule has 11 nitrogen and oxygen atoms in total. The number of likely N-dealkylation sites (N-methyl/N-ethyl adjacent to an activating group) is 1. The van der Waals surface area contributed by atoms with Crippen LogP contribution in [0.5, 0.6) is 6.01 Å². The molecule has 14 heteroatoms. The molecule has 1 unspecified atom stereocenters. The van der Waals surface area contributed by atoms with E-state index in [1.807, 2.05) is 42.3 Å². The van der Waals surface area contributed by atoms with Gasteiger partial charge in [0.1, 0.15) is 29.8 Å². The van der Waals surface area contributed by atoms with E-state index in [0.29, 0.717) is 53.3 Å². The summed E-state index contributed by atoms with van der Waals surface area (Å²) in [6.45, 7) is 7.13. The first-order valence-electron chi connectivity index (χ1n) is 17.5. The molecule has 3 saturated heterocycles. The lowest BCUT2D eigenvalue weighted by Gasteiger charge is -2.31. The van der Waals surface area contributed by atoms with Gasteiger partial charge in [-0.2, -0.15) is 9.97 Å². The van der Waals surface area contributed by atoms with Crippen molar-refractivity contribution in [3.8, 4) is 17.3 Å². The number of pyridine rings is 1. The van der Waals surface area contributed by atoms with E-state index in [9.17, 15) is 9.36 Å². The second-order valence-corrected chi connectivity index (χ2v) is 15.8. The number of rotatable bonds is 12. The summed E-state index contributed by atoms with van der Waals surface area (Å²) in [4.78, 5) is 33.5. The van der Waals surface area contributed by atoms with Gasteiger partial charge in [0.05, 0.1) is 24.1 Å². The summed E-state index contributed by atoms with van der Waals surface area (Å²) in [5.74, 6) is -0.436. The molecule has 0 spiro atoms. The second kappa shape index (κ2) is 14.3.